The second-order valence-corrected chi connectivity index (χ2v) is 8.64. The van der Waals surface area contributed by atoms with Gasteiger partial charge < -0.3 is 4.57 Å². The Labute approximate surface area is 195 Å². The lowest BCUT2D eigenvalue weighted by Crippen LogP contribution is -1.97. The highest BCUT2D eigenvalue weighted by Gasteiger charge is 2.18. The zero-order chi connectivity index (χ0) is 22.0. The third-order valence-electron chi connectivity index (χ3n) is 6.49. The van der Waals surface area contributed by atoms with Crippen LogP contribution in [0.5, 0.6) is 0 Å². The average Bonchev–Trinajstić information content (AvgIpc) is 3.02. The SMILES string of the molecule is C1=CC(c2ccccc2)C=Cc2c1c1ccc(Cc3ccccc3)cc1n2-c1ccccc1. The monoisotopic (exact) mass is 423 g/mol. The number of allylic oxidation sites excluding steroid dienone is 2. The number of nitrogens with zero attached hydrogens (tertiary/aromatic N) is 1. The molecule has 1 nitrogen and oxygen atoms in total. The first-order chi connectivity index (χ1) is 16.4. The topological polar surface area (TPSA) is 4.93 Å². The lowest BCUT2D eigenvalue weighted by Gasteiger charge is -2.11. The molecule has 1 heterocycles. The maximum absolute atomic E-state index is 2.41. The van der Waals surface area contributed by atoms with Crippen LogP contribution in [0.15, 0.2) is 121 Å². The van der Waals surface area contributed by atoms with Gasteiger partial charge in [-0.15, -0.1) is 0 Å². The Bertz CT molecular complexity index is 1460. The molecule has 0 N–H and O–H groups in total. The van der Waals surface area contributed by atoms with Crippen molar-refractivity contribution < 1.29 is 0 Å². The Hall–Kier alpha value is -4.10. The van der Waals surface area contributed by atoms with E-state index in [-0.39, 0.29) is 5.92 Å². The highest BCUT2D eigenvalue weighted by molar-refractivity contribution is 5.96. The molecule has 0 radical (unpaired) electrons. The van der Waals surface area contributed by atoms with Crippen LogP contribution in [0.3, 0.4) is 0 Å². The average molecular weight is 424 g/mol. The fourth-order valence-corrected chi connectivity index (χ4v) is 4.87. The van der Waals surface area contributed by atoms with Gasteiger partial charge in [-0.2, -0.15) is 0 Å². The molecule has 5 aromatic rings. The normalized spacial score (nSPS) is 14.8. The summed E-state index contributed by atoms with van der Waals surface area (Å²) in [7, 11) is 0. The molecule has 6 rings (SSSR count). The van der Waals surface area contributed by atoms with Crippen molar-refractivity contribution in [3.8, 4) is 5.69 Å². The smallest absolute Gasteiger partial charge is 0.0543 e. The van der Waals surface area contributed by atoms with E-state index >= 15 is 0 Å². The molecule has 4 aromatic carbocycles. The van der Waals surface area contributed by atoms with E-state index in [0.29, 0.717) is 0 Å². The summed E-state index contributed by atoms with van der Waals surface area (Å²) in [5, 5.41) is 1.29. The molecule has 0 saturated carbocycles. The summed E-state index contributed by atoms with van der Waals surface area (Å²) in [6.45, 7) is 0. The Balaban J connectivity index is 1.51. The van der Waals surface area contributed by atoms with Crippen LogP contribution in [0, 0.1) is 0 Å². The van der Waals surface area contributed by atoms with Crippen LogP contribution in [-0.4, -0.2) is 4.57 Å². The summed E-state index contributed by atoms with van der Waals surface area (Å²) in [4.78, 5) is 0. The van der Waals surface area contributed by atoms with E-state index in [0.717, 1.165) is 6.42 Å². The quantitative estimate of drug-likeness (QED) is 0.276. The number of para-hydroxylation sites is 1. The molecule has 0 saturated heterocycles. The minimum Gasteiger partial charge on any atom is -0.309 e. The standard InChI is InChI=1S/C32H25N/c1-4-10-24(11-5-1)22-25-16-19-30-29-20-17-27(26-12-6-2-7-13-26)18-21-31(29)33(32(30)23-25)28-14-8-3-9-15-28/h1-21,23,27H,22H2. The molecule has 0 spiro atoms. The van der Waals surface area contributed by atoms with E-state index in [4.69, 9.17) is 0 Å². The molecule has 1 heteroatoms. The summed E-state index contributed by atoms with van der Waals surface area (Å²) in [5.41, 5.74) is 8.95. The largest absolute Gasteiger partial charge is 0.309 e. The molecular formula is C32H25N. The van der Waals surface area contributed by atoms with Gasteiger partial charge in [0.25, 0.3) is 0 Å². The van der Waals surface area contributed by atoms with Crippen LogP contribution in [0.1, 0.15) is 33.9 Å². The molecular weight excluding hydrogens is 398 g/mol. The number of hydrogen-bond acceptors (Lipinski definition) is 0. The molecule has 1 atom stereocenters. The molecule has 158 valence electrons. The molecule has 33 heavy (non-hydrogen) atoms. The number of fused-ring (bicyclic) bond motifs is 3. The fraction of sp³-hybridized carbons (Fsp3) is 0.0625. The summed E-state index contributed by atoms with van der Waals surface area (Å²) in [5.74, 6) is 0.273. The molecule has 0 aliphatic heterocycles. The zero-order valence-corrected chi connectivity index (χ0v) is 18.4. The van der Waals surface area contributed by atoms with Gasteiger partial charge in [-0.05, 0) is 47.4 Å². The highest BCUT2D eigenvalue weighted by Crippen LogP contribution is 2.36. The van der Waals surface area contributed by atoms with Gasteiger partial charge in [-0.3, -0.25) is 0 Å². The van der Waals surface area contributed by atoms with Crippen LogP contribution in [-0.2, 0) is 6.42 Å². The van der Waals surface area contributed by atoms with E-state index < -0.39 is 0 Å². The number of benzene rings is 4. The number of aromatic nitrogens is 1. The minimum atomic E-state index is 0.273. The third kappa shape index (κ3) is 3.72. The predicted octanol–water partition coefficient (Wildman–Crippen LogP) is 8.05. The number of hydrogen-bond donors (Lipinski definition) is 0. The third-order valence-corrected chi connectivity index (χ3v) is 6.49. The summed E-state index contributed by atoms with van der Waals surface area (Å²) >= 11 is 0. The van der Waals surface area contributed by atoms with Crippen LogP contribution >= 0.6 is 0 Å². The van der Waals surface area contributed by atoms with E-state index in [1.165, 1.54) is 44.5 Å². The molecule has 1 aromatic heterocycles. The predicted molar refractivity (Wildman–Crippen MR) is 140 cm³/mol. The Kier molecular flexibility index (Phi) is 5.01. The highest BCUT2D eigenvalue weighted by atomic mass is 15.0. The van der Waals surface area contributed by atoms with Crippen molar-refractivity contribution in [1.29, 1.82) is 0 Å². The Morgan fingerprint density at radius 1 is 0.606 bits per heavy atom. The summed E-state index contributed by atoms with van der Waals surface area (Å²) < 4.78 is 2.41. The van der Waals surface area contributed by atoms with E-state index in [1.807, 2.05) is 0 Å². The van der Waals surface area contributed by atoms with E-state index in [1.54, 1.807) is 0 Å². The summed E-state index contributed by atoms with van der Waals surface area (Å²) in [6, 6.07) is 39.0. The van der Waals surface area contributed by atoms with E-state index in [2.05, 4.69) is 138 Å². The van der Waals surface area contributed by atoms with Gasteiger partial charge in [-0.1, -0.05) is 109 Å². The molecule has 1 unspecified atom stereocenters. The Morgan fingerprint density at radius 2 is 1.27 bits per heavy atom. The van der Waals surface area contributed by atoms with E-state index in [9.17, 15) is 0 Å². The van der Waals surface area contributed by atoms with Crippen LogP contribution in [0.25, 0.3) is 28.7 Å². The van der Waals surface area contributed by atoms with Crippen LogP contribution < -0.4 is 0 Å². The van der Waals surface area contributed by atoms with Crippen molar-refractivity contribution in [2.24, 2.45) is 0 Å². The van der Waals surface area contributed by atoms with Crippen molar-refractivity contribution in [3.63, 3.8) is 0 Å². The van der Waals surface area contributed by atoms with Gasteiger partial charge >= 0.3 is 0 Å². The second kappa shape index (κ2) is 8.44. The zero-order valence-electron chi connectivity index (χ0n) is 18.4. The lowest BCUT2D eigenvalue weighted by atomic mass is 9.98. The van der Waals surface area contributed by atoms with Crippen molar-refractivity contribution >= 4 is 23.1 Å². The first-order valence-electron chi connectivity index (χ1n) is 11.5. The van der Waals surface area contributed by atoms with Gasteiger partial charge in [0.05, 0.1) is 11.2 Å². The second-order valence-electron chi connectivity index (χ2n) is 8.64. The number of rotatable bonds is 4. The van der Waals surface area contributed by atoms with Crippen molar-refractivity contribution in [2.45, 2.75) is 12.3 Å². The maximum Gasteiger partial charge on any atom is 0.0543 e. The molecule has 0 fully saturated rings. The van der Waals surface area contributed by atoms with Gasteiger partial charge in [0, 0.05) is 22.6 Å². The van der Waals surface area contributed by atoms with Crippen LogP contribution in [0.2, 0.25) is 0 Å². The van der Waals surface area contributed by atoms with Gasteiger partial charge in [0.15, 0.2) is 0 Å². The van der Waals surface area contributed by atoms with Gasteiger partial charge in [0.1, 0.15) is 0 Å². The lowest BCUT2D eigenvalue weighted by molar-refractivity contribution is 1.08. The molecule has 0 amide bonds. The van der Waals surface area contributed by atoms with Crippen molar-refractivity contribution in [1.82, 2.24) is 4.57 Å². The van der Waals surface area contributed by atoms with Crippen molar-refractivity contribution in [2.75, 3.05) is 0 Å². The summed E-state index contributed by atoms with van der Waals surface area (Å²) in [6.07, 6.45) is 10.2. The first kappa shape index (κ1) is 19.6. The van der Waals surface area contributed by atoms with Gasteiger partial charge in [0.2, 0.25) is 0 Å². The van der Waals surface area contributed by atoms with Crippen molar-refractivity contribution in [3.05, 3.63) is 149 Å². The molecule has 1 aliphatic rings. The fourth-order valence-electron chi connectivity index (χ4n) is 4.87. The van der Waals surface area contributed by atoms with Gasteiger partial charge in [-0.25, -0.2) is 0 Å². The first-order valence-corrected chi connectivity index (χ1v) is 11.5. The Morgan fingerprint density at radius 3 is 2.03 bits per heavy atom. The molecule has 0 bridgehead atoms. The minimum absolute atomic E-state index is 0.273. The maximum atomic E-state index is 2.41. The molecule has 1 aliphatic carbocycles. The van der Waals surface area contributed by atoms with Crippen LogP contribution in [0.4, 0.5) is 0 Å².